The third-order valence-electron chi connectivity index (χ3n) is 9.76. The van der Waals surface area contributed by atoms with Gasteiger partial charge in [-0.2, -0.15) is 0 Å². The molecule has 1 N–H and O–H groups in total. The van der Waals surface area contributed by atoms with E-state index in [1.54, 1.807) is 0 Å². The normalized spacial score (nSPS) is 39.9. The summed E-state index contributed by atoms with van der Waals surface area (Å²) in [5, 5.41) is 11.4. The monoisotopic (exact) mass is 416 g/mol. The van der Waals surface area contributed by atoms with Crippen molar-refractivity contribution < 1.29 is 5.11 Å². The lowest BCUT2D eigenvalue weighted by molar-refractivity contribution is 0.0159. The predicted molar refractivity (Wildman–Crippen MR) is 132 cm³/mol. The number of allylic oxidation sites excluding steroid dienone is 2. The maximum atomic E-state index is 11.4. The third kappa shape index (κ3) is 3.48. The van der Waals surface area contributed by atoms with Crippen LogP contribution in [0.5, 0.6) is 0 Å². The van der Waals surface area contributed by atoms with E-state index in [0.29, 0.717) is 17.3 Å². The average molecular weight is 417 g/mol. The van der Waals surface area contributed by atoms with Crippen molar-refractivity contribution in [2.75, 3.05) is 0 Å². The molecule has 1 nitrogen and oxygen atoms in total. The summed E-state index contributed by atoms with van der Waals surface area (Å²) >= 11 is 0. The Morgan fingerprint density at radius 3 is 2.71 bits per heavy atom. The Balaban J connectivity index is 1.44. The van der Waals surface area contributed by atoms with Gasteiger partial charge in [0.25, 0.3) is 0 Å². The zero-order chi connectivity index (χ0) is 21.6. The maximum absolute atomic E-state index is 11.4. The number of fused-ring (bicyclic) bond motifs is 4. The van der Waals surface area contributed by atoms with Crippen molar-refractivity contribution in [3.63, 3.8) is 0 Å². The average Bonchev–Trinajstić information content (AvgIpc) is 3.04. The number of benzene rings is 1. The van der Waals surface area contributed by atoms with Gasteiger partial charge in [0, 0.05) is 0 Å². The lowest BCUT2D eigenvalue weighted by Gasteiger charge is -2.48. The van der Waals surface area contributed by atoms with Gasteiger partial charge in [0.2, 0.25) is 0 Å². The van der Waals surface area contributed by atoms with Gasteiger partial charge >= 0.3 is 0 Å². The van der Waals surface area contributed by atoms with Crippen LogP contribution in [0.15, 0.2) is 42.5 Å². The first-order chi connectivity index (χ1) is 15.0. The molecule has 0 bridgehead atoms. The van der Waals surface area contributed by atoms with Gasteiger partial charge in [0.1, 0.15) is 0 Å². The van der Waals surface area contributed by atoms with E-state index in [-0.39, 0.29) is 0 Å². The molecule has 31 heavy (non-hydrogen) atoms. The van der Waals surface area contributed by atoms with Gasteiger partial charge in [-0.05, 0) is 122 Å². The van der Waals surface area contributed by atoms with Gasteiger partial charge in [-0.1, -0.05) is 56.0 Å². The molecule has 4 aliphatic carbocycles. The molecule has 3 fully saturated rings. The molecule has 1 heteroatoms. The van der Waals surface area contributed by atoms with Crippen LogP contribution in [0.2, 0.25) is 0 Å². The minimum Gasteiger partial charge on any atom is -0.386 e. The molecule has 0 aromatic heterocycles. The molecular weight excluding hydrogens is 376 g/mol. The standard InChI is InChI=1S/C30H40O/c1-4-8-22-10-11-24(19-21(22)5-2)27-12-13-28-26-15-18-30(31)16-7-6-9-25(30)20-23(26)14-17-29(27,28)3/h4-5,8,10-11,19-20,23,26-28,31H,2,6-7,9,12-18H2,1,3H3/b8-4-/t23?,26?,27?,28?,29?,30-/m0/s1. The lowest BCUT2D eigenvalue weighted by Crippen LogP contribution is -2.40. The Morgan fingerprint density at radius 1 is 1.03 bits per heavy atom. The molecule has 1 aromatic carbocycles. The Labute approximate surface area is 189 Å². The van der Waals surface area contributed by atoms with Gasteiger partial charge in [0.15, 0.2) is 0 Å². The zero-order valence-corrected chi connectivity index (χ0v) is 19.6. The van der Waals surface area contributed by atoms with Gasteiger partial charge < -0.3 is 5.11 Å². The third-order valence-corrected chi connectivity index (χ3v) is 9.76. The second kappa shape index (κ2) is 8.07. The topological polar surface area (TPSA) is 20.2 Å². The molecular formula is C30H40O. The summed E-state index contributed by atoms with van der Waals surface area (Å²) in [4.78, 5) is 0. The minimum atomic E-state index is -0.481. The van der Waals surface area contributed by atoms with Crippen molar-refractivity contribution in [1.29, 1.82) is 0 Å². The van der Waals surface area contributed by atoms with Crippen molar-refractivity contribution in [3.05, 3.63) is 59.2 Å². The van der Waals surface area contributed by atoms with Crippen LogP contribution >= 0.6 is 0 Å². The highest BCUT2D eigenvalue weighted by molar-refractivity contribution is 5.65. The van der Waals surface area contributed by atoms with Crippen LogP contribution < -0.4 is 0 Å². The highest BCUT2D eigenvalue weighted by Crippen LogP contribution is 2.64. The Kier molecular flexibility index (Phi) is 5.53. The van der Waals surface area contributed by atoms with Gasteiger partial charge in [-0.3, -0.25) is 0 Å². The van der Waals surface area contributed by atoms with E-state index in [9.17, 15) is 5.11 Å². The molecule has 1 aromatic rings. The van der Waals surface area contributed by atoms with Crippen molar-refractivity contribution in [3.8, 4) is 0 Å². The van der Waals surface area contributed by atoms with Gasteiger partial charge in [-0.25, -0.2) is 0 Å². The van der Waals surface area contributed by atoms with Crippen LogP contribution in [-0.2, 0) is 0 Å². The number of rotatable bonds is 3. The molecule has 0 spiro atoms. The maximum Gasteiger partial charge on any atom is 0.0857 e. The van der Waals surface area contributed by atoms with E-state index < -0.39 is 5.60 Å². The van der Waals surface area contributed by atoms with Crippen LogP contribution in [0, 0.1) is 23.2 Å². The zero-order valence-electron chi connectivity index (χ0n) is 19.6. The predicted octanol–water partition coefficient (Wildman–Crippen LogP) is 7.91. The summed E-state index contributed by atoms with van der Waals surface area (Å²) in [7, 11) is 0. The SMILES string of the molecule is C=Cc1cc(C2CCC3C4CC[C@@]5(O)CCCCC5=CC4CCC23C)ccc1/C=C\C. The Bertz CT molecular complexity index is 907. The smallest absolute Gasteiger partial charge is 0.0857 e. The number of hydrogen-bond donors (Lipinski definition) is 1. The fourth-order valence-corrected chi connectivity index (χ4v) is 8.12. The second-order valence-corrected chi connectivity index (χ2v) is 11.2. The molecule has 0 saturated heterocycles. The molecule has 0 amide bonds. The van der Waals surface area contributed by atoms with E-state index in [1.165, 1.54) is 67.2 Å². The molecule has 0 heterocycles. The van der Waals surface area contributed by atoms with Crippen LogP contribution in [0.1, 0.15) is 101 Å². The first-order valence-electron chi connectivity index (χ1n) is 12.8. The first-order valence-corrected chi connectivity index (χ1v) is 12.8. The first kappa shape index (κ1) is 21.3. The van der Waals surface area contributed by atoms with E-state index in [2.05, 4.69) is 56.9 Å². The molecule has 0 aliphatic heterocycles. The van der Waals surface area contributed by atoms with Crippen molar-refractivity contribution in [2.45, 2.75) is 89.6 Å². The second-order valence-electron chi connectivity index (χ2n) is 11.2. The molecule has 6 atom stereocenters. The minimum absolute atomic E-state index is 0.387. The fourth-order valence-electron chi connectivity index (χ4n) is 8.12. The molecule has 5 unspecified atom stereocenters. The quantitative estimate of drug-likeness (QED) is 0.496. The fraction of sp³-hybridized carbons (Fsp3) is 0.600. The van der Waals surface area contributed by atoms with E-state index >= 15 is 0 Å². The largest absolute Gasteiger partial charge is 0.386 e. The summed E-state index contributed by atoms with van der Waals surface area (Å²) < 4.78 is 0. The summed E-state index contributed by atoms with van der Waals surface area (Å²) in [6.45, 7) is 8.76. The van der Waals surface area contributed by atoms with Crippen molar-refractivity contribution in [1.82, 2.24) is 0 Å². The summed E-state index contributed by atoms with van der Waals surface area (Å²) in [6, 6.07) is 7.10. The van der Waals surface area contributed by atoms with Crippen LogP contribution in [-0.4, -0.2) is 10.7 Å². The summed E-state index contributed by atoms with van der Waals surface area (Å²) in [6.07, 6.45) is 21.0. The van der Waals surface area contributed by atoms with E-state index in [1.807, 2.05) is 6.08 Å². The molecule has 3 saturated carbocycles. The van der Waals surface area contributed by atoms with Crippen LogP contribution in [0.4, 0.5) is 0 Å². The number of hydrogen-bond acceptors (Lipinski definition) is 1. The lowest BCUT2D eigenvalue weighted by atomic mass is 9.56. The summed E-state index contributed by atoms with van der Waals surface area (Å²) in [5.41, 5.74) is 5.37. The summed E-state index contributed by atoms with van der Waals surface area (Å²) in [5.74, 6) is 2.89. The van der Waals surface area contributed by atoms with Crippen LogP contribution in [0.25, 0.3) is 12.2 Å². The molecule has 5 rings (SSSR count). The highest BCUT2D eigenvalue weighted by atomic mass is 16.3. The van der Waals surface area contributed by atoms with Gasteiger partial charge in [0.05, 0.1) is 5.60 Å². The molecule has 0 radical (unpaired) electrons. The van der Waals surface area contributed by atoms with E-state index in [0.717, 1.165) is 31.1 Å². The van der Waals surface area contributed by atoms with E-state index in [4.69, 9.17) is 0 Å². The highest BCUT2D eigenvalue weighted by Gasteiger charge is 2.54. The molecule has 4 aliphatic rings. The Hall–Kier alpha value is -1.60. The van der Waals surface area contributed by atoms with Crippen LogP contribution in [0.3, 0.4) is 0 Å². The van der Waals surface area contributed by atoms with Gasteiger partial charge in [-0.15, -0.1) is 0 Å². The van der Waals surface area contributed by atoms with Crippen molar-refractivity contribution >= 4 is 12.2 Å². The Morgan fingerprint density at radius 2 is 1.90 bits per heavy atom. The van der Waals surface area contributed by atoms with Crippen molar-refractivity contribution in [2.24, 2.45) is 23.2 Å². The number of aliphatic hydroxyl groups is 1. The molecule has 166 valence electrons.